The first-order chi connectivity index (χ1) is 13.3. The third-order valence-electron chi connectivity index (χ3n) is 5.30. The lowest BCUT2D eigenvalue weighted by molar-refractivity contribution is -0.376. The van der Waals surface area contributed by atoms with E-state index in [0.717, 1.165) is 12.1 Å². The van der Waals surface area contributed by atoms with E-state index in [2.05, 4.69) is 5.32 Å². The molecule has 1 fully saturated rings. The molecule has 164 valence electrons. The number of hydrogen-bond acceptors (Lipinski definition) is 4. The Morgan fingerprint density at radius 1 is 1.10 bits per heavy atom. The Hall–Kier alpha value is -1.97. The van der Waals surface area contributed by atoms with Gasteiger partial charge in [0.2, 0.25) is 0 Å². The molecule has 0 heterocycles. The van der Waals surface area contributed by atoms with Gasteiger partial charge in [0, 0.05) is 11.3 Å². The molecule has 1 aromatic carbocycles. The van der Waals surface area contributed by atoms with Gasteiger partial charge < -0.3 is 15.2 Å². The summed E-state index contributed by atoms with van der Waals surface area (Å²) in [6, 6.07) is 3.06. The number of anilines is 1. The number of ether oxygens (including phenoxy) is 1. The van der Waals surface area contributed by atoms with Gasteiger partial charge in [-0.1, -0.05) is 19.1 Å². The largest absolute Gasteiger partial charge is 0.464 e. The van der Waals surface area contributed by atoms with Crippen LogP contribution in [0.15, 0.2) is 24.3 Å². The van der Waals surface area contributed by atoms with Gasteiger partial charge >= 0.3 is 18.3 Å². The lowest BCUT2D eigenvalue weighted by Gasteiger charge is -2.38. The number of benzene rings is 1. The second-order valence-electron chi connectivity index (χ2n) is 7.39. The summed E-state index contributed by atoms with van der Waals surface area (Å²) in [5, 5.41) is 12.4. The first kappa shape index (κ1) is 23.3. The summed E-state index contributed by atoms with van der Waals surface area (Å²) in [6.45, 7) is 3.81. The summed E-state index contributed by atoms with van der Waals surface area (Å²) >= 11 is 0. The highest BCUT2D eigenvalue weighted by atomic mass is 19.4. The highest BCUT2D eigenvalue weighted by Crippen LogP contribution is 2.50. The molecule has 0 aromatic heterocycles. The molecule has 0 aliphatic heterocycles. The van der Waals surface area contributed by atoms with Crippen LogP contribution < -0.4 is 5.32 Å². The van der Waals surface area contributed by atoms with E-state index in [1.165, 1.54) is 0 Å². The van der Waals surface area contributed by atoms with Crippen molar-refractivity contribution in [1.82, 2.24) is 0 Å². The van der Waals surface area contributed by atoms with E-state index < -0.39 is 35.0 Å². The molecule has 1 aliphatic carbocycles. The third kappa shape index (κ3) is 4.46. The van der Waals surface area contributed by atoms with Gasteiger partial charge in [-0.25, -0.2) is 4.79 Å². The monoisotopic (exact) mass is 427 g/mol. The molecule has 0 radical (unpaired) electrons. The Morgan fingerprint density at radius 3 is 2.00 bits per heavy atom. The summed E-state index contributed by atoms with van der Waals surface area (Å²) < 4.78 is 83.1. The molecule has 0 amide bonds. The summed E-state index contributed by atoms with van der Waals surface area (Å²) in [5.41, 5.74) is -7.29. The lowest BCUT2D eigenvalue weighted by atomic mass is 9.77. The van der Waals surface area contributed by atoms with Crippen molar-refractivity contribution in [2.75, 3.05) is 11.9 Å². The van der Waals surface area contributed by atoms with Gasteiger partial charge in [0.05, 0.1) is 6.61 Å². The van der Waals surface area contributed by atoms with Gasteiger partial charge in [-0.05, 0) is 50.7 Å². The summed E-state index contributed by atoms with van der Waals surface area (Å²) in [5.74, 6) is -0.131. The van der Waals surface area contributed by atoms with Gasteiger partial charge in [-0.2, -0.15) is 26.3 Å². The maximum atomic E-state index is 13.0. The SMILES string of the molecule is CCOC(=O)C1(Nc2ccc(C(O)(C(F)(F)F)C(F)(F)F)cc2)CCC(C)CC1. The minimum atomic E-state index is -5.95. The molecule has 0 bridgehead atoms. The fraction of sp³-hybridized carbons (Fsp3) is 0.632. The highest BCUT2D eigenvalue weighted by molar-refractivity contribution is 5.84. The maximum Gasteiger partial charge on any atom is 0.430 e. The number of aliphatic hydroxyl groups is 1. The molecule has 4 nitrogen and oxygen atoms in total. The molecule has 0 atom stereocenters. The van der Waals surface area contributed by atoms with Gasteiger partial charge in [0.1, 0.15) is 5.54 Å². The van der Waals surface area contributed by atoms with Crippen LogP contribution >= 0.6 is 0 Å². The van der Waals surface area contributed by atoms with Gasteiger partial charge in [0.25, 0.3) is 5.60 Å². The highest BCUT2D eigenvalue weighted by Gasteiger charge is 2.71. The number of nitrogens with one attached hydrogen (secondary N) is 1. The first-order valence-electron chi connectivity index (χ1n) is 9.18. The van der Waals surface area contributed by atoms with Gasteiger partial charge in [-0.15, -0.1) is 0 Å². The van der Waals surface area contributed by atoms with Crippen molar-refractivity contribution in [1.29, 1.82) is 0 Å². The number of alkyl halides is 6. The Balaban J connectivity index is 2.34. The summed E-state index contributed by atoms with van der Waals surface area (Å²) in [4.78, 5) is 12.5. The average molecular weight is 427 g/mol. The molecule has 1 aromatic rings. The van der Waals surface area contributed by atoms with E-state index in [1.54, 1.807) is 6.92 Å². The number of rotatable bonds is 5. The van der Waals surface area contributed by atoms with Crippen LogP contribution in [0.4, 0.5) is 32.0 Å². The van der Waals surface area contributed by atoms with Gasteiger partial charge in [-0.3, -0.25) is 0 Å². The average Bonchev–Trinajstić information content (AvgIpc) is 2.62. The molecule has 1 saturated carbocycles. The van der Waals surface area contributed by atoms with E-state index in [4.69, 9.17) is 4.74 Å². The predicted molar refractivity (Wildman–Crippen MR) is 93.1 cm³/mol. The second-order valence-corrected chi connectivity index (χ2v) is 7.39. The second kappa shape index (κ2) is 8.04. The van der Waals surface area contributed by atoms with Crippen molar-refractivity contribution < 1.29 is 41.0 Å². The third-order valence-corrected chi connectivity index (χ3v) is 5.30. The minimum Gasteiger partial charge on any atom is -0.464 e. The molecule has 1 aliphatic rings. The zero-order chi connectivity index (χ0) is 22.1. The Morgan fingerprint density at radius 2 is 1.59 bits per heavy atom. The van der Waals surface area contributed by atoms with E-state index >= 15 is 0 Å². The van der Waals surface area contributed by atoms with Crippen molar-refractivity contribution in [2.24, 2.45) is 5.92 Å². The number of carbonyl (C=O) groups excluding carboxylic acids is 1. The van der Waals surface area contributed by atoms with Crippen LogP contribution in [-0.4, -0.2) is 35.6 Å². The molecule has 2 N–H and O–H groups in total. The smallest absolute Gasteiger partial charge is 0.430 e. The van der Waals surface area contributed by atoms with Crippen molar-refractivity contribution >= 4 is 11.7 Å². The quantitative estimate of drug-likeness (QED) is 0.517. The van der Waals surface area contributed by atoms with Crippen molar-refractivity contribution in [3.05, 3.63) is 29.8 Å². The maximum absolute atomic E-state index is 13.0. The topological polar surface area (TPSA) is 58.6 Å². The van der Waals surface area contributed by atoms with Crippen LogP contribution in [0.5, 0.6) is 0 Å². The fourth-order valence-electron chi connectivity index (χ4n) is 3.46. The van der Waals surface area contributed by atoms with Crippen LogP contribution in [0.3, 0.4) is 0 Å². The molecule has 2 rings (SSSR count). The van der Waals surface area contributed by atoms with Crippen LogP contribution in [0.1, 0.15) is 45.1 Å². The standard InChI is InChI=1S/C19H23F6NO3/c1-3-29-15(27)16(10-8-12(2)9-11-16)26-14-6-4-13(5-7-14)17(28,18(20,21)22)19(23,24)25/h4-7,12,26,28H,3,8-11H2,1-2H3. The minimum absolute atomic E-state index is 0.140. The number of hydrogen-bond donors (Lipinski definition) is 2. The van der Waals surface area contributed by atoms with Gasteiger partial charge in [0.15, 0.2) is 0 Å². The van der Waals surface area contributed by atoms with E-state index in [0.29, 0.717) is 43.7 Å². The van der Waals surface area contributed by atoms with Crippen molar-refractivity contribution in [3.8, 4) is 0 Å². The number of halogens is 6. The van der Waals surface area contributed by atoms with E-state index in [1.807, 2.05) is 6.92 Å². The van der Waals surface area contributed by atoms with E-state index in [-0.39, 0.29) is 12.3 Å². The molecule has 29 heavy (non-hydrogen) atoms. The molecule has 10 heteroatoms. The number of esters is 1. The molecular weight excluding hydrogens is 404 g/mol. The Bertz CT molecular complexity index is 692. The zero-order valence-corrected chi connectivity index (χ0v) is 16.0. The zero-order valence-electron chi connectivity index (χ0n) is 16.0. The molecule has 0 spiro atoms. The summed E-state index contributed by atoms with van der Waals surface area (Å²) in [6.07, 6.45) is -9.64. The molecular formula is C19H23F6NO3. The first-order valence-corrected chi connectivity index (χ1v) is 9.18. The van der Waals surface area contributed by atoms with Crippen LogP contribution in [-0.2, 0) is 15.1 Å². The number of carbonyl (C=O) groups is 1. The Kier molecular flexibility index (Phi) is 6.46. The van der Waals surface area contributed by atoms with Crippen molar-refractivity contribution in [3.63, 3.8) is 0 Å². The normalized spacial score (nSPS) is 23.6. The summed E-state index contributed by atoms with van der Waals surface area (Å²) in [7, 11) is 0. The van der Waals surface area contributed by atoms with E-state index in [9.17, 15) is 36.2 Å². The Labute approximate surface area is 164 Å². The van der Waals surface area contributed by atoms with Crippen LogP contribution in [0.2, 0.25) is 0 Å². The predicted octanol–water partition coefficient (Wildman–Crippen LogP) is 4.92. The van der Waals surface area contributed by atoms with Crippen LogP contribution in [0, 0.1) is 5.92 Å². The fourth-order valence-corrected chi connectivity index (χ4v) is 3.46. The lowest BCUT2D eigenvalue weighted by Crippen LogP contribution is -2.54. The van der Waals surface area contributed by atoms with Crippen molar-refractivity contribution in [2.45, 2.75) is 63.0 Å². The molecule has 0 saturated heterocycles. The van der Waals surface area contributed by atoms with Crippen LogP contribution in [0.25, 0.3) is 0 Å². The molecule has 0 unspecified atom stereocenters.